The second-order valence-corrected chi connectivity index (χ2v) is 35.5. The van der Waals surface area contributed by atoms with Crippen LogP contribution in [-0.2, 0) is 29.3 Å². The zero-order valence-electron chi connectivity index (χ0n) is 77.9. The summed E-state index contributed by atoms with van der Waals surface area (Å²) < 4.78 is 37.1. The smallest absolute Gasteiger partial charge is 0.407 e. The summed E-state index contributed by atoms with van der Waals surface area (Å²) in [6.07, 6.45) is 80.2. The number of fused-ring (bicyclic) bond motifs is 6. The van der Waals surface area contributed by atoms with Gasteiger partial charge in [-0.25, -0.2) is 24.0 Å². The molecule has 1 spiro atoms. The number of benzene rings is 3. The predicted octanol–water partition coefficient (Wildman–Crippen LogP) is 29.8. The summed E-state index contributed by atoms with van der Waals surface area (Å²) in [6, 6.07) is 19.0. The molecule has 0 aromatic heterocycles. The van der Waals surface area contributed by atoms with Gasteiger partial charge in [-0.2, -0.15) is 0 Å². The minimum absolute atomic E-state index is 0.0566. The maximum Gasteiger partial charge on any atom is 0.407 e. The monoisotopic (exact) mass is 1690 g/mol. The number of carbonyl (C=O) groups excluding carboxylic acids is 5. The van der Waals surface area contributed by atoms with Crippen LogP contribution in [0.15, 0.2) is 60.7 Å². The fraction of sp³-hybridized carbons (Fsp3) is 0.779. The Morgan fingerprint density at radius 2 is 0.496 bits per heavy atom. The van der Waals surface area contributed by atoms with Crippen molar-refractivity contribution in [2.24, 2.45) is 0 Å². The highest BCUT2D eigenvalue weighted by molar-refractivity contribution is 5.97. The van der Waals surface area contributed by atoms with Crippen LogP contribution in [0.5, 0.6) is 11.5 Å². The lowest BCUT2D eigenvalue weighted by molar-refractivity contribution is 0.0224. The van der Waals surface area contributed by atoms with Gasteiger partial charge in [0, 0.05) is 66.4 Å². The Morgan fingerprint density at radius 1 is 0.281 bits per heavy atom. The van der Waals surface area contributed by atoms with E-state index in [0.717, 1.165) is 77.0 Å². The molecule has 17 nitrogen and oxygen atoms in total. The number of hydrogen-bond donors (Lipinski definition) is 4. The summed E-state index contributed by atoms with van der Waals surface area (Å²) in [4.78, 5) is 71.3. The molecule has 4 amide bonds. The molecule has 2 heterocycles. The van der Waals surface area contributed by atoms with Gasteiger partial charge in [0.15, 0.2) is 5.60 Å². The van der Waals surface area contributed by atoms with Crippen LogP contribution in [0, 0.1) is 0 Å². The van der Waals surface area contributed by atoms with E-state index < -0.39 is 35.9 Å². The number of alkyl carbamates (subject to hydrolysis) is 4. The van der Waals surface area contributed by atoms with E-state index in [1.165, 1.54) is 334 Å². The summed E-state index contributed by atoms with van der Waals surface area (Å²) in [5, 5.41) is 11.9. The van der Waals surface area contributed by atoms with Crippen molar-refractivity contribution in [2.45, 2.75) is 444 Å². The van der Waals surface area contributed by atoms with E-state index in [1.54, 1.807) is 6.07 Å². The van der Waals surface area contributed by atoms with Crippen LogP contribution in [0.25, 0.3) is 0 Å². The van der Waals surface area contributed by atoms with Crippen molar-refractivity contribution in [3.05, 3.63) is 82.9 Å². The van der Waals surface area contributed by atoms with E-state index >= 15 is 0 Å². The molecular formula is C104H178N6O11. The third kappa shape index (κ3) is 49.2. The number of anilines is 2. The van der Waals surface area contributed by atoms with Gasteiger partial charge in [-0.3, -0.25) is 0 Å². The summed E-state index contributed by atoms with van der Waals surface area (Å²) in [7, 11) is 0. The number of esters is 1. The maximum atomic E-state index is 14.2. The Bertz CT molecular complexity index is 2780. The first-order chi connectivity index (χ1) is 59.6. The molecule has 121 heavy (non-hydrogen) atoms. The standard InChI is InChI=1S/C104H178N6O11/c1-5-9-13-17-21-25-29-33-37-41-45-49-53-57-61-67-77-105-100(112)116-85-81-109(82-86-117-101(113)106-78-68-62-58-54-50-46-42-38-34-30-26-22-18-14-10-6-2)91-73-75-95-97(89-91)120-98-90-92(74-76-96(98)104(95)94-72-66-65-71-93(94)99(111)121-104)110(83-87-118-102(114)107-79-69-63-59-55-51-47-43-39-35-31-27-23-19-15-11-7-3)84-88-119-103(115)108-80-70-64-60-56-52-48-44-40-36-32-28-24-20-16-12-8-4/h65-66,71-76,89-90H,5-64,67-70,77-88H2,1-4H3,(H,105,112)(H,106,113)(H,107,114)(H,108,115). The predicted molar refractivity (Wildman–Crippen MR) is 505 cm³/mol. The van der Waals surface area contributed by atoms with Gasteiger partial charge in [-0.15, -0.1) is 0 Å². The number of nitrogens with one attached hydrogen (secondary N) is 4. The minimum Gasteiger partial charge on any atom is -0.456 e. The highest BCUT2D eigenvalue weighted by Gasteiger charge is 2.53. The van der Waals surface area contributed by atoms with Crippen molar-refractivity contribution in [1.82, 2.24) is 21.3 Å². The van der Waals surface area contributed by atoms with Crippen LogP contribution < -0.4 is 35.8 Å². The van der Waals surface area contributed by atoms with Gasteiger partial charge in [-0.05, 0) is 56.0 Å². The molecule has 2 aliphatic rings. The van der Waals surface area contributed by atoms with Crippen molar-refractivity contribution in [2.75, 3.05) is 88.6 Å². The van der Waals surface area contributed by atoms with Gasteiger partial charge < -0.3 is 59.5 Å². The molecule has 0 saturated heterocycles. The molecule has 0 radical (unpaired) electrons. The highest BCUT2D eigenvalue weighted by atomic mass is 16.6. The molecule has 4 N–H and O–H groups in total. The fourth-order valence-corrected chi connectivity index (χ4v) is 17.4. The Kier molecular flexibility index (Phi) is 63.3. The number of nitrogens with zero attached hydrogens (tertiary/aromatic N) is 2. The number of ether oxygens (including phenoxy) is 6. The molecule has 690 valence electrons. The number of amides is 4. The van der Waals surface area contributed by atoms with E-state index in [2.05, 4.69) is 49.0 Å². The summed E-state index contributed by atoms with van der Waals surface area (Å²) in [5.41, 5.74) is 2.39. The van der Waals surface area contributed by atoms with E-state index in [9.17, 15) is 24.0 Å². The van der Waals surface area contributed by atoms with Crippen LogP contribution in [-0.4, -0.2) is 109 Å². The molecule has 0 fully saturated rings. The number of unbranched alkanes of at least 4 members (excludes halogenated alkanes) is 60. The first-order valence-corrected chi connectivity index (χ1v) is 51.1. The van der Waals surface area contributed by atoms with Crippen LogP contribution in [0.4, 0.5) is 30.6 Å². The molecule has 0 aliphatic carbocycles. The fourth-order valence-electron chi connectivity index (χ4n) is 17.4. The highest BCUT2D eigenvalue weighted by Crippen LogP contribution is 2.57. The zero-order chi connectivity index (χ0) is 86.0. The number of hydrogen-bond acceptors (Lipinski definition) is 13. The molecular weight excluding hydrogens is 1510 g/mol. The van der Waals surface area contributed by atoms with Gasteiger partial charge in [-0.1, -0.05) is 431 Å². The third-order valence-electron chi connectivity index (χ3n) is 25.0. The second-order valence-electron chi connectivity index (χ2n) is 35.5. The van der Waals surface area contributed by atoms with Gasteiger partial charge >= 0.3 is 30.3 Å². The SMILES string of the molecule is CCCCCCCCCCCCCCCCCCNC(=O)OCCN(CCOC(=O)NCCCCCCCCCCCCCCCCCC)c1ccc2c(c1)Oc1cc(N(CCOC(=O)NCCCCCCCCCCCCCCCCCC)CCOC(=O)NCCCCCCCCCCCCCCCCCC)ccc1C21OC(=O)c2ccccc21. The largest absolute Gasteiger partial charge is 0.456 e. The van der Waals surface area contributed by atoms with Crippen LogP contribution in [0.2, 0.25) is 0 Å². The van der Waals surface area contributed by atoms with Crippen molar-refractivity contribution >= 4 is 41.7 Å². The van der Waals surface area contributed by atoms with E-state index in [4.69, 9.17) is 28.4 Å². The van der Waals surface area contributed by atoms with Crippen LogP contribution >= 0.6 is 0 Å². The minimum atomic E-state index is -1.40. The maximum absolute atomic E-state index is 14.2. The molecule has 2 aliphatic heterocycles. The van der Waals surface area contributed by atoms with E-state index in [-0.39, 0.29) is 52.6 Å². The van der Waals surface area contributed by atoms with Gasteiger partial charge in [0.1, 0.15) is 37.9 Å². The van der Waals surface area contributed by atoms with Crippen molar-refractivity contribution < 1.29 is 52.4 Å². The Hall–Kier alpha value is -6.39. The average Bonchev–Trinajstić information content (AvgIpc) is 1.59. The van der Waals surface area contributed by atoms with Crippen LogP contribution in [0.3, 0.4) is 0 Å². The quantitative estimate of drug-likeness (QED) is 0.0237. The first-order valence-electron chi connectivity index (χ1n) is 51.1. The molecule has 5 rings (SSSR count). The molecule has 0 bridgehead atoms. The third-order valence-corrected chi connectivity index (χ3v) is 25.0. The molecule has 3 aromatic rings. The molecule has 0 atom stereocenters. The Labute approximate surface area is 738 Å². The summed E-state index contributed by atoms with van der Waals surface area (Å²) in [5.74, 6) is 0.412. The second kappa shape index (κ2) is 72.9. The number of rotatable bonds is 82. The van der Waals surface area contributed by atoms with Gasteiger partial charge in [0.05, 0.1) is 31.7 Å². The van der Waals surface area contributed by atoms with Crippen molar-refractivity contribution in [1.29, 1.82) is 0 Å². The van der Waals surface area contributed by atoms with Crippen molar-refractivity contribution in [3.63, 3.8) is 0 Å². The summed E-state index contributed by atoms with van der Waals surface area (Å²) >= 11 is 0. The van der Waals surface area contributed by atoms with Crippen LogP contribution in [0.1, 0.15) is 466 Å². The lowest BCUT2D eigenvalue weighted by Gasteiger charge is -2.38. The Morgan fingerprint density at radius 3 is 0.727 bits per heavy atom. The lowest BCUT2D eigenvalue weighted by atomic mass is 9.77. The normalized spacial score (nSPS) is 12.3. The topological polar surface area (TPSA) is 195 Å². The zero-order valence-corrected chi connectivity index (χ0v) is 77.9. The molecule has 17 heteroatoms. The first kappa shape index (κ1) is 105. The van der Waals surface area contributed by atoms with E-state index in [0.29, 0.717) is 71.3 Å². The molecule has 3 aromatic carbocycles. The number of carbonyl (C=O) groups is 5. The molecule has 0 unspecified atom stereocenters. The summed E-state index contributed by atoms with van der Waals surface area (Å²) in [6.45, 7) is 12.6. The van der Waals surface area contributed by atoms with E-state index in [1.807, 2.05) is 64.4 Å². The Balaban J connectivity index is 1.21. The van der Waals surface area contributed by atoms with Crippen molar-refractivity contribution in [3.8, 4) is 11.5 Å². The average molecular weight is 1690 g/mol. The lowest BCUT2D eigenvalue weighted by Crippen LogP contribution is -2.36. The molecule has 0 saturated carbocycles. The van der Waals surface area contributed by atoms with Gasteiger partial charge in [0.25, 0.3) is 0 Å². The van der Waals surface area contributed by atoms with Gasteiger partial charge in [0.2, 0.25) is 0 Å².